The molecule has 11 heteroatoms. The van der Waals surface area contributed by atoms with E-state index in [0.29, 0.717) is 17.7 Å². The average molecular weight is 442 g/mol. The van der Waals surface area contributed by atoms with E-state index in [9.17, 15) is 31.2 Å². The second-order valence-corrected chi connectivity index (χ2v) is 8.33. The summed E-state index contributed by atoms with van der Waals surface area (Å²) < 4.78 is 67.0. The summed E-state index contributed by atoms with van der Waals surface area (Å²) in [5.74, 6) is -1.92. The lowest BCUT2D eigenvalue weighted by Gasteiger charge is -2.22. The monoisotopic (exact) mass is 442 g/mol. The molecular formula is C19H17F3N2O5S. The maximum atomic E-state index is 13.1. The van der Waals surface area contributed by atoms with Crippen molar-refractivity contribution in [3.05, 3.63) is 59.2 Å². The van der Waals surface area contributed by atoms with Gasteiger partial charge in [-0.05, 0) is 49.2 Å². The molecule has 2 N–H and O–H groups in total. The first-order valence-corrected chi connectivity index (χ1v) is 10.3. The quantitative estimate of drug-likeness (QED) is 0.733. The van der Waals surface area contributed by atoms with Crippen molar-refractivity contribution in [2.75, 3.05) is 11.5 Å². The molecule has 1 amide bonds. The molecule has 0 radical (unpaired) electrons. The van der Waals surface area contributed by atoms with E-state index < -0.39 is 45.8 Å². The van der Waals surface area contributed by atoms with Gasteiger partial charge in [-0.15, -0.1) is 0 Å². The zero-order chi connectivity index (χ0) is 22.3. The first-order chi connectivity index (χ1) is 13.9. The molecule has 7 nitrogen and oxygen atoms in total. The molecule has 0 aromatic heterocycles. The highest BCUT2D eigenvalue weighted by Crippen LogP contribution is 2.34. The molecule has 30 heavy (non-hydrogen) atoms. The Bertz CT molecular complexity index is 1120. The number of amides is 1. The molecule has 0 spiro atoms. The SMILES string of the molecule is CC1Cc2cc(S(N)(=O)=O)ccc2N1C(=O)COC(=O)c1ccccc1C(F)(F)F. The van der Waals surface area contributed by atoms with Crippen LogP contribution in [0.15, 0.2) is 47.4 Å². The van der Waals surface area contributed by atoms with Gasteiger partial charge < -0.3 is 9.64 Å². The van der Waals surface area contributed by atoms with E-state index in [-0.39, 0.29) is 10.9 Å². The van der Waals surface area contributed by atoms with Gasteiger partial charge in [0.1, 0.15) is 0 Å². The fraction of sp³-hybridized carbons (Fsp3) is 0.263. The second kappa shape index (κ2) is 7.73. The number of carbonyl (C=O) groups is 2. The topological polar surface area (TPSA) is 107 Å². The molecule has 3 rings (SSSR count). The Balaban J connectivity index is 1.76. The second-order valence-electron chi connectivity index (χ2n) is 6.77. The number of primary sulfonamides is 1. The molecular weight excluding hydrogens is 425 g/mol. The van der Waals surface area contributed by atoms with Crippen LogP contribution in [0.5, 0.6) is 0 Å². The van der Waals surface area contributed by atoms with Crippen molar-refractivity contribution in [2.24, 2.45) is 5.14 Å². The zero-order valence-electron chi connectivity index (χ0n) is 15.6. The molecule has 0 saturated heterocycles. The summed E-state index contributed by atoms with van der Waals surface area (Å²) in [6, 6.07) is 7.77. The molecule has 2 aromatic rings. The van der Waals surface area contributed by atoms with Crippen LogP contribution in [-0.2, 0) is 32.2 Å². The van der Waals surface area contributed by atoms with E-state index in [1.165, 1.54) is 29.2 Å². The largest absolute Gasteiger partial charge is 0.452 e. The van der Waals surface area contributed by atoms with Gasteiger partial charge in [-0.3, -0.25) is 4.79 Å². The molecule has 1 aliphatic heterocycles. The van der Waals surface area contributed by atoms with Crippen molar-refractivity contribution < 1.29 is 35.9 Å². The van der Waals surface area contributed by atoms with E-state index in [0.717, 1.165) is 18.2 Å². The number of nitrogens with zero attached hydrogens (tertiary/aromatic N) is 1. The van der Waals surface area contributed by atoms with Crippen LogP contribution in [0.25, 0.3) is 0 Å². The van der Waals surface area contributed by atoms with Gasteiger partial charge in [-0.1, -0.05) is 12.1 Å². The van der Waals surface area contributed by atoms with Crippen molar-refractivity contribution in [2.45, 2.75) is 30.5 Å². The molecule has 0 aliphatic carbocycles. The minimum absolute atomic E-state index is 0.0991. The molecule has 1 aliphatic rings. The number of esters is 1. The highest BCUT2D eigenvalue weighted by Gasteiger charge is 2.36. The number of benzene rings is 2. The highest BCUT2D eigenvalue weighted by molar-refractivity contribution is 7.89. The number of nitrogens with two attached hydrogens (primary N) is 1. The summed E-state index contributed by atoms with van der Waals surface area (Å²) in [5, 5.41) is 5.11. The Hall–Kier alpha value is -2.92. The lowest BCUT2D eigenvalue weighted by Crippen LogP contribution is -2.38. The first kappa shape index (κ1) is 21.8. The van der Waals surface area contributed by atoms with Gasteiger partial charge in [-0.25, -0.2) is 18.4 Å². The van der Waals surface area contributed by atoms with E-state index in [4.69, 9.17) is 9.88 Å². The van der Waals surface area contributed by atoms with E-state index in [2.05, 4.69) is 0 Å². The molecule has 2 aromatic carbocycles. The number of anilines is 1. The third-order valence-electron chi connectivity index (χ3n) is 4.64. The van der Waals surface area contributed by atoms with Crippen molar-refractivity contribution in [3.8, 4) is 0 Å². The summed E-state index contributed by atoms with van der Waals surface area (Å²) in [5.41, 5.74) is -0.855. The number of halogens is 3. The third-order valence-corrected chi connectivity index (χ3v) is 5.55. The summed E-state index contributed by atoms with van der Waals surface area (Å²) in [4.78, 5) is 26.0. The Kier molecular flexibility index (Phi) is 5.61. The van der Waals surface area contributed by atoms with Crippen LogP contribution in [-0.4, -0.2) is 32.9 Å². The Morgan fingerprint density at radius 2 is 1.87 bits per heavy atom. The lowest BCUT2D eigenvalue weighted by molar-refractivity contribution is -0.138. The summed E-state index contributed by atoms with van der Waals surface area (Å²) in [6.45, 7) is 0.932. The summed E-state index contributed by atoms with van der Waals surface area (Å²) in [6.07, 6.45) is -4.40. The molecule has 0 saturated carbocycles. The number of hydrogen-bond acceptors (Lipinski definition) is 5. The maximum Gasteiger partial charge on any atom is 0.417 e. The third kappa shape index (κ3) is 4.31. The first-order valence-electron chi connectivity index (χ1n) is 8.70. The number of ether oxygens (including phenoxy) is 1. The van der Waals surface area contributed by atoms with Gasteiger partial charge in [0.15, 0.2) is 6.61 Å². The lowest BCUT2D eigenvalue weighted by atomic mass is 10.1. The minimum atomic E-state index is -4.75. The van der Waals surface area contributed by atoms with Crippen molar-refractivity contribution in [1.29, 1.82) is 0 Å². The van der Waals surface area contributed by atoms with Crippen molar-refractivity contribution >= 4 is 27.6 Å². The smallest absolute Gasteiger partial charge is 0.417 e. The van der Waals surface area contributed by atoms with Gasteiger partial charge >= 0.3 is 12.1 Å². The fourth-order valence-corrected chi connectivity index (χ4v) is 3.91. The normalized spacial score (nSPS) is 16.3. The van der Waals surface area contributed by atoms with E-state index in [1.807, 2.05) is 0 Å². The molecule has 1 atom stereocenters. The van der Waals surface area contributed by atoms with Gasteiger partial charge in [0.25, 0.3) is 5.91 Å². The van der Waals surface area contributed by atoms with Gasteiger partial charge in [0, 0.05) is 11.7 Å². The minimum Gasteiger partial charge on any atom is -0.452 e. The fourth-order valence-electron chi connectivity index (χ4n) is 3.35. The summed E-state index contributed by atoms with van der Waals surface area (Å²) in [7, 11) is -3.91. The molecule has 0 bridgehead atoms. The average Bonchev–Trinajstić information content (AvgIpc) is 2.99. The molecule has 1 unspecified atom stereocenters. The number of hydrogen-bond donors (Lipinski definition) is 1. The van der Waals surface area contributed by atoms with Crippen LogP contribution in [0.2, 0.25) is 0 Å². The molecule has 0 fully saturated rings. The van der Waals surface area contributed by atoms with Gasteiger partial charge in [0.05, 0.1) is 16.0 Å². The predicted molar refractivity (Wildman–Crippen MR) is 100 cm³/mol. The van der Waals surface area contributed by atoms with Crippen LogP contribution in [0.3, 0.4) is 0 Å². The Morgan fingerprint density at radius 3 is 2.50 bits per heavy atom. The number of carbonyl (C=O) groups excluding carboxylic acids is 2. The summed E-state index contributed by atoms with van der Waals surface area (Å²) >= 11 is 0. The molecule has 160 valence electrons. The van der Waals surface area contributed by atoms with E-state index in [1.54, 1.807) is 6.92 Å². The van der Waals surface area contributed by atoms with Crippen molar-refractivity contribution in [3.63, 3.8) is 0 Å². The number of sulfonamides is 1. The van der Waals surface area contributed by atoms with E-state index >= 15 is 0 Å². The van der Waals surface area contributed by atoms with Crippen LogP contribution < -0.4 is 10.0 Å². The van der Waals surface area contributed by atoms with Crippen LogP contribution in [0.4, 0.5) is 18.9 Å². The van der Waals surface area contributed by atoms with Crippen LogP contribution in [0.1, 0.15) is 28.4 Å². The Labute approximate surface area is 170 Å². The number of alkyl halides is 3. The Morgan fingerprint density at radius 1 is 1.20 bits per heavy atom. The van der Waals surface area contributed by atoms with Crippen LogP contribution >= 0.6 is 0 Å². The zero-order valence-corrected chi connectivity index (χ0v) is 16.5. The standard InChI is InChI=1S/C19H17F3N2O5S/c1-11-8-12-9-13(30(23,27)28)6-7-16(12)24(11)17(25)10-29-18(26)14-4-2-3-5-15(14)19(20,21)22/h2-7,9,11H,8,10H2,1H3,(H2,23,27,28). The van der Waals surface area contributed by atoms with Gasteiger partial charge in [-0.2, -0.15) is 13.2 Å². The van der Waals surface area contributed by atoms with Crippen molar-refractivity contribution in [1.82, 2.24) is 0 Å². The predicted octanol–water partition coefficient (Wildman–Crippen LogP) is 2.49. The van der Waals surface area contributed by atoms with Crippen LogP contribution in [0, 0.1) is 0 Å². The maximum absolute atomic E-state index is 13.1. The highest BCUT2D eigenvalue weighted by atomic mass is 32.2. The number of fused-ring (bicyclic) bond motifs is 1. The number of rotatable bonds is 4. The van der Waals surface area contributed by atoms with Gasteiger partial charge in [0.2, 0.25) is 10.0 Å². The molecule has 1 heterocycles.